The van der Waals surface area contributed by atoms with E-state index in [1.54, 1.807) is 11.1 Å². The van der Waals surface area contributed by atoms with Gasteiger partial charge in [0.2, 0.25) is 0 Å². The molecule has 0 saturated heterocycles. The van der Waals surface area contributed by atoms with Gasteiger partial charge in [-0.3, -0.25) is 0 Å². The van der Waals surface area contributed by atoms with Gasteiger partial charge in [0.1, 0.15) is 0 Å². The summed E-state index contributed by atoms with van der Waals surface area (Å²) in [6.07, 6.45) is 10.6. The van der Waals surface area contributed by atoms with Gasteiger partial charge in [-0.15, -0.1) is 0 Å². The lowest BCUT2D eigenvalue weighted by atomic mass is 9.54. The summed E-state index contributed by atoms with van der Waals surface area (Å²) in [6.45, 7) is 7.20. The lowest BCUT2D eigenvalue weighted by Gasteiger charge is -2.50. The highest BCUT2D eigenvalue weighted by molar-refractivity contribution is 5.38. The van der Waals surface area contributed by atoms with Crippen molar-refractivity contribution in [3.63, 3.8) is 0 Å². The van der Waals surface area contributed by atoms with Gasteiger partial charge >= 0.3 is 0 Å². The van der Waals surface area contributed by atoms with E-state index in [9.17, 15) is 0 Å². The maximum Gasteiger partial charge on any atom is -0.0125 e. The number of hydrogen-bond acceptors (Lipinski definition) is 0. The van der Waals surface area contributed by atoms with Gasteiger partial charge in [-0.1, -0.05) is 49.8 Å². The number of rotatable bonds is 0. The Morgan fingerprint density at radius 3 is 2.85 bits per heavy atom. The number of fused-ring (bicyclic) bond motifs is 5. The van der Waals surface area contributed by atoms with Gasteiger partial charge in [-0.25, -0.2) is 0 Å². The summed E-state index contributed by atoms with van der Waals surface area (Å²) >= 11 is 0. The maximum atomic E-state index is 2.57. The minimum absolute atomic E-state index is 0.545. The first-order valence-electron chi connectivity index (χ1n) is 8.37. The van der Waals surface area contributed by atoms with Crippen molar-refractivity contribution in [2.45, 2.75) is 52.4 Å². The summed E-state index contributed by atoms with van der Waals surface area (Å²) in [6, 6.07) is 7.20. The molecule has 5 atom stereocenters. The molecule has 106 valence electrons. The number of benzene rings is 1. The van der Waals surface area contributed by atoms with E-state index in [0.29, 0.717) is 5.41 Å². The molecule has 4 rings (SSSR count). The average molecular weight is 266 g/mol. The summed E-state index contributed by atoms with van der Waals surface area (Å²) in [5.74, 6) is 3.32. The predicted molar refractivity (Wildman–Crippen MR) is 84.9 cm³/mol. The molecule has 0 bridgehead atoms. The van der Waals surface area contributed by atoms with Crippen LogP contribution in [0.15, 0.2) is 30.4 Å². The molecule has 0 spiro atoms. The third-order valence-corrected chi connectivity index (χ3v) is 6.83. The Kier molecular flexibility index (Phi) is 2.68. The first kappa shape index (κ1) is 12.7. The first-order valence-corrected chi connectivity index (χ1v) is 8.37. The van der Waals surface area contributed by atoms with Crippen molar-refractivity contribution < 1.29 is 0 Å². The second-order valence-electron chi connectivity index (χ2n) is 7.76. The Morgan fingerprint density at radius 2 is 2.00 bits per heavy atom. The van der Waals surface area contributed by atoms with E-state index < -0.39 is 0 Å². The van der Waals surface area contributed by atoms with Crippen LogP contribution < -0.4 is 0 Å². The first-order chi connectivity index (χ1) is 9.59. The molecule has 0 radical (unpaired) electrons. The Morgan fingerprint density at radius 1 is 1.15 bits per heavy atom. The zero-order valence-electron chi connectivity index (χ0n) is 13.0. The standard InChI is InChI=1S/C20H26/c1-13-4-7-16-15(12-13)6-8-18-17(16)10-11-20(3)14(2)5-9-19(18)20/h4-5,7,9,12,14,17-19H,6,8,10-11H2,1-3H3/t14-,17?,18?,19-,20+/m0/s1. The number of allylic oxidation sites excluding steroid dienone is 2. The monoisotopic (exact) mass is 266 g/mol. The van der Waals surface area contributed by atoms with Gasteiger partial charge in [-0.2, -0.15) is 0 Å². The second kappa shape index (κ2) is 4.23. The maximum absolute atomic E-state index is 2.57. The zero-order valence-corrected chi connectivity index (χ0v) is 13.0. The fraction of sp³-hybridized carbons (Fsp3) is 0.600. The SMILES string of the molecule is Cc1ccc2c(c1)CCC1C2CC[C@]2(C)[C@@H](C)C=C[C@@H]12. The summed E-state index contributed by atoms with van der Waals surface area (Å²) in [5, 5.41) is 0. The zero-order chi connectivity index (χ0) is 13.9. The van der Waals surface area contributed by atoms with Crippen LogP contribution in [0.3, 0.4) is 0 Å². The van der Waals surface area contributed by atoms with E-state index >= 15 is 0 Å². The number of aryl methyl sites for hydroxylation is 2. The van der Waals surface area contributed by atoms with Gasteiger partial charge < -0.3 is 0 Å². The van der Waals surface area contributed by atoms with E-state index in [1.165, 1.54) is 31.2 Å². The molecule has 0 N–H and O–H groups in total. The van der Waals surface area contributed by atoms with Crippen molar-refractivity contribution in [2.24, 2.45) is 23.2 Å². The Bertz CT molecular complexity index is 567. The molecular formula is C20H26. The highest BCUT2D eigenvalue weighted by Gasteiger charge is 2.51. The molecule has 0 heterocycles. The van der Waals surface area contributed by atoms with E-state index in [0.717, 1.165) is 23.7 Å². The van der Waals surface area contributed by atoms with Gasteiger partial charge in [0.15, 0.2) is 0 Å². The van der Waals surface area contributed by atoms with Crippen LogP contribution >= 0.6 is 0 Å². The molecule has 1 aromatic rings. The Balaban J connectivity index is 1.73. The van der Waals surface area contributed by atoms with E-state index in [4.69, 9.17) is 0 Å². The molecule has 20 heavy (non-hydrogen) atoms. The van der Waals surface area contributed by atoms with Crippen LogP contribution in [0, 0.1) is 30.1 Å². The fourth-order valence-electron chi connectivity index (χ4n) is 5.39. The fourth-order valence-corrected chi connectivity index (χ4v) is 5.39. The summed E-state index contributed by atoms with van der Waals surface area (Å²) in [5.41, 5.74) is 5.30. The molecule has 3 aliphatic carbocycles. The largest absolute Gasteiger partial charge is 0.0848 e. The van der Waals surface area contributed by atoms with Crippen LogP contribution in [0.5, 0.6) is 0 Å². The summed E-state index contributed by atoms with van der Waals surface area (Å²) in [4.78, 5) is 0. The second-order valence-corrected chi connectivity index (χ2v) is 7.76. The molecule has 0 amide bonds. The van der Waals surface area contributed by atoms with Crippen molar-refractivity contribution in [3.8, 4) is 0 Å². The van der Waals surface area contributed by atoms with Crippen LogP contribution in [-0.2, 0) is 6.42 Å². The molecule has 0 nitrogen and oxygen atoms in total. The van der Waals surface area contributed by atoms with Crippen molar-refractivity contribution in [2.75, 3.05) is 0 Å². The van der Waals surface area contributed by atoms with E-state index in [2.05, 4.69) is 51.1 Å². The molecule has 1 aromatic carbocycles. The lowest BCUT2D eigenvalue weighted by molar-refractivity contribution is 0.0488. The van der Waals surface area contributed by atoms with Gasteiger partial charge in [-0.05, 0) is 72.8 Å². The topological polar surface area (TPSA) is 0 Å². The normalized spacial score (nSPS) is 42.0. The van der Waals surface area contributed by atoms with Crippen LogP contribution in [-0.4, -0.2) is 0 Å². The van der Waals surface area contributed by atoms with Crippen LogP contribution in [0.2, 0.25) is 0 Å². The van der Waals surface area contributed by atoms with Crippen molar-refractivity contribution >= 4 is 0 Å². The summed E-state index contributed by atoms with van der Waals surface area (Å²) in [7, 11) is 0. The minimum Gasteiger partial charge on any atom is -0.0848 e. The van der Waals surface area contributed by atoms with Crippen LogP contribution in [0.1, 0.15) is 55.7 Å². The smallest absolute Gasteiger partial charge is 0.0125 e. The van der Waals surface area contributed by atoms with Crippen LogP contribution in [0.25, 0.3) is 0 Å². The molecule has 3 aliphatic rings. The van der Waals surface area contributed by atoms with Gasteiger partial charge in [0, 0.05) is 0 Å². The van der Waals surface area contributed by atoms with Crippen LogP contribution in [0.4, 0.5) is 0 Å². The molecule has 1 fully saturated rings. The highest BCUT2D eigenvalue weighted by atomic mass is 14.5. The predicted octanol–water partition coefficient (Wildman–Crippen LogP) is 5.26. The van der Waals surface area contributed by atoms with E-state index in [-0.39, 0.29) is 0 Å². The minimum atomic E-state index is 0.545. The third kappa shape index (κ3) is 1.60. The highest BCUT2D eigenvalue weighted by Crippen LogP contribution is 2.60. The third-order valence-electron chi connectivity index (χ3n) is 6.83. The number of hydrogen-bond donors (Lipinski definition) is 0. The summed E-state index contributed by atoms with van der Waals surface area (Å²) < 4.78 is 0. The molecular weight excluding hydrogens is 240 g/mol. The van der Waals surface area contributed by atoms with Crippen molar-refractivity contribution in [1.82, 2.24) is 0 Å². The Hall–Kier alpha value is -1.04. The van der Waals surface area contributed by atoms with E-state index in [1.807, 2.05) is 0 Å². The van der Waals surface area contributed by atoms with Crippen molar-refractivity contribution in [1.29, 1.82) is 0 Å². The molecule has 1 saturated carbocycles. The molecule has 2 unspecified atom stereocenters. The average Bonchev–Trinajstić information content (AvgIpc) is 2.74. The Labute approximate surface area is 123 Å². The molecule has 0 heteroatoms. The molecule has 0 aromatic heterocycles. The van der Waals surface area contributed by atoms with Gasteiger partial charge in [0.05, 0.1) is 0 Å². The van der Waals surface area contributed by atoms with Gasteiger partial charge in [0.25, 0.3) is 0 Å². The molecule has 0 aliphatic heterocycles. The quantitative estimate of drug-likeness (QED) is 0.562. The lowest BCUT2D eigenvalue weighted by Crippen LogP contribution is -2.42. The van der Waals surface area contributed by atoms with Crippen molar-refractivity contribution in [3.05, 3.63) is 47.0 Å².